The quantitative estimate of drug-likeness (QED) is 0.764. The Hall–Kier alpha value is 0.160. The normalized spacial score (nSPS) is 33.7. The molecule has 1 N–H and O–H groups in total. The van der Waals surface area contributed by atoms with E-state index in [1.807, 2.05) is 0 Å². The Bertz CT molecular complexity index is 314. The van der Waals surface area contributed by atoms with E-state index in [0.717, 1.165) is 32.1 Å². The molecule has 1 aliphatic heterocycles. The van der Waals surface area contributed by atoms with Gasteiger partial charge in [-0.15, -0.1) is 11.6 Å². The molecule has 0 bridgehead atoms. The fraction of sp³-hybridized carbons (Fsp3) is 1.00. The smallest absolute Gasteiger partial charge is 0.198 e. The first-order chi connectivity index (χ1) is 7.09. The standard InChI is InChI=1S/C9H17ClN2O2S/c10-8-4-3-5-9(8)11-15(13,14)12-6-1-2-7-12/h8-9,11H,1-7H2. The Kier molecular flexibility index (Phi) is 3.55. The first kappa shape index (κ1) is 11.6. The third kappa shape index (κ3) is 2.64. The number of halogens is 1. The van der Waals surface area contributed by atoms with Gasteiger partial charge in [0.05, 0.1) is 0 Å². The molecule has 1 saturated carbocycles. The summed E-state index contributed by atoms with van der Waals surface area (Å²) in [5, 5.41) is -0.0395. The summed E-state index contributed by atoms with van der Waals surface area (Å²) < 4.78 is 28.0. The van der Waals surface area contributed by atoms with E-state index in [2.05, 4.69) is 4.72 Å². The fourth-order valence-corrected chi connectivity index (χ4v) is 4.21. The maximum Gasteiger partial charge on any atom is 0.279 e. The van der Waals surface area contributed by atoms with E-state index < -0.39 is 10.2 Å². The van der Waals surface area contributed by atoms with E-state index in [0.29, 0.717) is 13.1 Å². The Morgan fingerprint density at radius 2 is 1.80 bits per heavy atom. The number of hydrogen-bond acceptors (Lipinski definition) is 2. The molecule has 2 atom stereocenters. The number of nitrogens with zero attached hydrogens (tertiary/aromatic N) is 1. The van der Waals surface area contributed by atoms with Gasteiger partial charge in [-0.1, -0.05) is 6.42 Å². The van der Waals surface area contributed by atoms with Crippen molar-refractivity contribution in [3.8, 4) is 0 Å². The summed E-state index contributed by atoms with van der Waals surface area (Å²) in [6.45, 7) is 1.30. The Morgan fingerprint density at radius 1 is 1.13 bits per heavy atom. The molecule has 2 unspecified atom stereocenters. The van der Waals surface area contributed by atoms with E-state index in [-0.39, 0.29) is 11.4 Å². The average molecular weight is 253 g/mol. The highest BCUT2D eigenvalue weighted by Crippen LogP contribution is 2.25. The topological polar surface area (TPSA) is 49.4 Å². The minimum atomic E-state index is -3.28. The molecule has 0 radical (unpaired) electrons. The minimum Gasteiger partial charge on any atom is -0.198 e. The van der Waals surface area contributed by atoms with Crippen molar-refractivity contribution in [2.24, 2.45) is 0 Å². The lowest BCUT2D eigenvalue weighted by Crippen LogP contribution is -2.45. The summed E-state index contributed by atoms with van der Waals surface area (Å²) in [5.41, 5.74) is 0. The summed E-state index contributed by atoms with van der Waals surface area (Å²) in [6.07, 6.45) is 4.73. The van der Waals surface area contributed by atoms with Gasteiger partial charge >= 0.3 is 0 Å². The molecule has 2 aliphatic rings. The van der Waals surface area contributed by atoms with Gasteiger partial charge in [0, 0.05) is 24.5 Å². The summed E-state index contributed by atoms with van der Waals surface area (Å²) in [6, 6.07) is -0.0720. The molecule has 1 saturated heterocycles. The maximum atomic E-state index is 11.9. The van der Waals surface area contributed by atoms with Crippen LogP contribution in [0.5, 0.6) is 0 Å². The van der Waals surface area contributed by atoms with E-state index in [4.69, 9.17) is 11.6 Å². The average Bonchev–Trinajstić information content (AvgIpc) is 2.77. The Balaban J connectivity index is 1.97. The number of rotatable bonds is 3. The molecular weight excluding hydrogens is 236 g/mol. The second-order valence-electron chi connectivity index (χ2n) is 4.28. The van der Waals surface area contributed by atoms with Crippen LogP contribution in [0.25, 0.3) is 0 Å². The second kappa shape index (κ2) is 4.57. The van der Waals surface area contributed by atoms with Crippen molar-refractivity contribution < 1.29 is 8.42 Å². The van der Waals surface area contributed by atoms with Gasteiger partial charge < -0.3 is 0 Å². The molecule has 1 aliphatic carbocycles. The molecule has 2 rings (SSSR count). The van der Waals surface area contributed by atoms with Crippen LogP contribution in [0.1, 0.15) is 32.1 Å². The lowest BCUT2D eigenvalue weighted by Gasteiger charge is -2.21. The van der Waals surface area contributed by atoms with Crippen molar-refractivity contribution in [1.29, 1.82) is 0 Å². The molecular formula is C9H17ClN2O2S. The lowest BCUT2D eigenvalue weighted by molar-refractivity contribution is 0.452. The fourth-order valence-electron chi connectivity index (χ4n) is 2.24. The third-order valence-electron chi connectivity index (χ3n) is 3.14. The van der Waals surface area contributed by atoms with Crippen LogP contribution in [0, 0.1) is 0 Å². The maximum absolute atomic E-state index is 11.9. The van der Waals surface area contributed by atoms with Gasteiger partial charge in [-0.2, -0.15) is 17.4 Å². The lowest BCUT2D eigenvalue weighted by atomic mass is 10.3. The molecule has 0 spiro atoms. The summed E-state index contributed by atoms with van der Waals surface area (Å²) >= 11 is 6.05. The second-order valence-corrected chi connectivity index (χ2v) is 6.55. The van der Waals surface area contributed by atoms with E-state index in [1.165, 1.54) is 4.31 Å². The van der Waals surface area contributed by atoms with Gasteiger partial charge in [0.15, 0.2) is 0 Å². The van der Waals surface area contributed by atoms with Gasteiger partial charge in [-0.05, 0) is 25.7 Å². The molecule has 0 aromatic rings. The first-order valence-electron chi connectivity index (χ1n) is 5.51. The SMILES string of the molecule is O=S(=O)(NC1CCCC1Cl)N1CCCC1. The van der Waals surface area contributed by atoms with E-state index >= 15 is 0 Å². The molecule has 0 amide bonds. The van der Waals surface area contributed by atoms with Gasteiger partial charge in [-0.3, -0.25) is 0 Å². The van der Waals surface area contributed by atoms with Crippen molar-refractivity contribution in [2.45, 2.75) is 43.5 Å². The third-order valence-corrected chi connectivity index (χ3v) is 5.30. The van der Waals surface area contributed by atoms with Crippen LogP contribution in [0.15, 0.2) is 0 Å². The highest BCUT2D eigenvalue weighted by Gasteiger charge is 2.32. The molecule has 0 aromatic carbocycles. The summed E-state index contributed by atoms with van der Waals surface area (Å²) in [4.78, 5) is 0. The molecule has 0 aromatic heterocycles. The van der Waals surface area contributed by atoms with E-state index in [1.54, 1.807) is 0 Å². The van der Waals surface area contributed by atoms with Gasteiger partial charge in [0.1, 0.15) is 0 Å². The van der Waals surface area contributed by atoms with Crippen LogP contribution in [0.2, 0.25) is 0 Å². The van der Waals surface area contributed by atoms with Gasteiger partial charge in [0.25, 0.3) is 10.2 Å². The van der Waals surface area contributed by atoms with Crippen LogP contribution >= 0.6 is 11.6 Å². The Labute approximate surface area is 96.2 Å². The summed E-state index contributed by atoms with van der Waals surface area (Å²) in [5.74, 6) is 0. The predicted molar refractivity (Wildman–Crippen MR) is 60.1 cm³/mol. The van der Waals surface area contributed by atoms with E-state index in [9.17, 15) is 8.42 Å². The zero-order valence-electron chi connectivity index (χ0n) is 8.65. The van der Waals surface area contributed by atoms with Crippen LogP contribution in [0.4, 0.5) is 0 Å². The van der Waals surface area contributed by atoms with Crippen molar-refractivity contribution in [3.05, 3.63) is 0 Å². The highest BCUT2D eigenvalue weighted by atomic mass is 35.5. The van der Waals surface area contributed by atoms with Gasteiger partial charge in [0.2, 0.25) is 0 Å². The molecule has 88 valence electrons. The predicted octanol–water partition coefficient (Wildman–Crippen LogP) is 1.08. The molecule has 15 heavy (non-hydrogen) atoms. The molecule has 1 heterocycles. The van der Waals surface area contributed by atoms with Crippen LogP contribution in [-0.4, -0.2) is 37.2 Å². The molecule has 4 nitrogen and oxygen atoms in total. The molecule has 2 fully saturated rings. The minimum absolute atomic E-state index is 0.0395. The van der Waals surface area contributed by atoms with Crippen molar-refractivity contribution >= 4 is 21.8 Å². The van der Waals surface area contributed by atoms with Crippen LogP contribution in [-0.2, 0) is 10.2 Å². The zero-order chi connectivity index (χ0) is 10.9. The largest absolute Gasteiger partial charge is 0.279 e. The van der Waals surface area contributed by atoms with Crippen LogP contribution in [0.3, 0.4) is 0 Å². The van der Waals surface area contributed by atoms with Crippen molar-refractivity contribution in [3.63, 3.8) is 0 Å². The Morgan fingerprint density at radius 3 is 2.33 bits per heavy atom. The first-order valence-corrected chi connectivity index (χ1v) is 7.39. The molecule has 6 heteroatoms. The highest BCUT2D eigenvalue weighted by molar-refractivity contribution is 7.87. The number of hydrogen-bond donors (Lipinski definition) is 1. The van der Waals surface area contributed by atoms with Crippen molar-refractivity contribution in [1.82, 2.24) is 9.03 Å². The number of alkyl halides is 1. The zero-order valence-corrected chi connectivity index (χ0v) is 10.2. The van der Waals surface area contributed by atoms with Gasteiger partial charge in [-0.25, -0.2) is 0 Å². The van der Waals surface area contributed by atoms with Crippen molar-refractivity contribution in [2.75, 3.05) is 13.1 Å². The van der Waals surface area contributed by atoms with Crippen LogP contribution < -0.4 is 4.72 Å². The number of nitrogens with one attached hydrogen (secondary N) is 1. The monoisotopic (exact) mass is 252 g/mol. The summed E-state index contributed by atoms with van der Waals surface area (Å²) in [7, 11) is -3.28.